The topological polar surface area (TPSA) is 61.4 Å². The number of hydrogen-bond donors (Lipinski definition) is 2. The molecule has 22 heavy (non-hydrogen) atoms. The van der Waals surface area contributed by atoms with Crippen LogP contribution in [0.4, 0.5) is 0 Å². The van der Waals surface area contributed by atoms with Crippen molar-refractivity contribution in [2.45, 2.75) is 37.4 Å². The largest absolute Gasteiger partial charge is 0.312 e. The number of piperidine rings is 1. The summed E-state index contributed by atoms with van der Waals surface area (Å²) in [5.41, 5.74) is 0. The van der Waals surface area contributed by atoms with E-state index in [4.69, 9.17) is 0 Å². The average molecular weight is 346 g/mol. The lowest BCUT2D eigenvalue weighted by atomic mass is 9.94. The first-order valence-electron chi connectivity index (χ1n) is 7.94. The van der Waals surface area contributed by atoms with Crippen LogP contribution in [0, 0.1) is 12.8 Å². The molecule has 5 nitrogen and oxygen atoms in total. The van der Waals surface area contributed by atoms with Crippen molar-refractivity contribution in [1.29, 1.82) is 0 Å². The molecule has 2 N–H and O–H groups in total. The minimum atomic E-state index is -3.35. The van der Waals surface area contributed by atoms with Crippen molar-refractivity contribution in [3.05, 3.63) is 17.0 Å². The summed E-state index contributed by atoms with van der Waals surface area (Å²) in [6, 6.07) is 3.98. The summed E-state index contributed by atoms with van der Waals surface area (Å²) in [5.74, 6) is 0.602. The van der Waals surface area contributed by atoms with Crippen molar-refractivity contribution in [2.75, 3.05) is 32.7 Å². The van der Waals surface area contributed by atoms with Gasteiger partial charge in [-0.3, -0.25) is 0 Å². The van der Waals surface area contributed by atoms with Crippen LogP contribution < -0.4 is 10.0 Å². The molecule has 7 heteroatoms. The van der Waals surface area contributed by atoms with Gasteiger partial charge >= 0.3 is 0 Å². The Morgan fingerprint density at radius 3 is 2.73 bits per heavy atom. The zero-order chi connectivity index (χ0) is 16.2. The molecular formula is C15H27N3O2S2. The van der Waals surface area contributed by atoms with E-state index in [1.807, 2.05) is 13.0 Å². The van der Waals surface area contributed by atoms with Gasteiger partial charge in [-0.25, -0.2) is 13.1 Å². The Morgan fingerprint density at radius 1 is 1.36 bits per heavy atom. The molecule has 2 atom stereocenters. The van der Waals surface area contributed by atoms with Gasteiger partial charge in [-0.15, -0.1) is 11.3 Å². The first kappa shape index (κ1) is 17.9. The molecule has 1 saturated heterocycles. The highest BCUT2D eigenvalue weighted by Gasteiger charge is 2.24. The summed E-state index contributed by atoms with van der Waals surface area (Å²) in [6.07, 6.45) is 1.13. The Bertz CT molecular complexity index is 571. The number of likely N-dealkylation sites (tertiary alicyclic amines) is 1. The van der Waals surface area contributed by atoms with E-state index in [1.54, 1.807) is 6.07 Å². The minimum absolute atomic E-state index is 0.398. The normalized spacial score (nSPS) is 23.8. The number of hydrogen-bond acceptors (Lipinski definition) is 5. The van der Waals surface area contributed by atoms with Gasteiger partial charge in [0.1, 0.15) is 4.21 Å². The summed E-state index contributed by atoms with van der Waals surface area (Å²) in [7, 11) is -3.35. The molecule has 0 amide bonds. The predicted molar refractivity (Wildman–Crippen MR) is 91.9 cm³/mol. The molecule has 0 aromatic carbocycles. The fourth-order valence-electron chi connectivity index (χ4n) is 2.89. The number of nitrogens with one attached hydrogen (secondary N) is 2. The lowest BCUT2D eigenvalue weighted by Gasteiger charge is -2.36. The van der Waals surface area contributed by atoms with Gasteiger partial charge in [-0.2, -0.15) is 0 Å². The van der Waals surface area contributed by atoms with Gasteiger partial charge in [0, 0.05) is 30.6 Å². The Morgan fingerprint density at radius 2 is 2.14 bits per heavy atom. The van der Waals surface area contributed by atoms with E-state index in [0.29, 0.717) is 29.3 Å². The van der Waals surface area contributed by atoms with E-state index in [2.05, 4.69) is 28.8 Å². The zero-order valence-electron chi connectivity index (χ0n) is 13.6. The molecule has 2 heterocycles. The number of aryl methyl sites for hydroxylation is 1. The van der Waals surface area contributed by atoms with Crippen LogP contribution in [0.5, 0.6) is 0 Å². The van der Waals surface area contributed by atoms with Crippen LogP contribution in [0.15, 0.2) is 16.3 Å². The maximum Gasteiger partial charge on any atom is 0.250 e. The lowest BCUT2D eigenvalue weighted by molar-refractivity contribution is 0.154. The second-order valence-electron chi connectivity index (χ2n) is 5.98. The standard InChI is InChI=1S/C15H27N3O2S2/c1-4-18-10-7-14(12(2)11-18)16-8-9-17-22(19,20)15-6-5-13(3)21-15/h5-6,12,14,16-17H,4,7-11H2,1-3H3. The highest BCUT2D eigenvalue weighted by atomic mass is 32.2. The van der Waals surface area contributed by atoms with Gasteiger partial charge in [-0.1, -0.05) is 13.8 Å². The highest BCUT2D eigenvalue weighted by molar-refractivity contribution is 7.91. The highest BCUT2D eigenvalue weighted by Crippen LogP contribution is 2.20. The van der Waals surface area contributed by atoms with E-state index in [0.717, 1.165) is 30.9 Å². The van der Waals surface area contributed by atoms with Crippen molar-refractivity contribution in [3.63, 3.8) is 0 Å². The Hall–Kier alpha value is -0.470. The quantitative estimate of drug-likeness (QED) is 0.738. The minimum Gasteiger partial charge on any atom is -0.312 e. The molecule has 0 aliphatic carbocycles. The van der Waals surface area contributed by atoms with Gasteiger partial charge in [0.2, 0.25) is 10.0 Å². The van der Waals surface area contributed by atoms with Gasteiger partial charge in [0.05, 0.1) is 0 Å². The maximum absolute atomic E-state index is 12.1. The second-order valence-corrected chi connectivity index (χ2v) is 9.26. The molecule has 1 aliphatic rings. The summed E-state index contributed by atoms with van der Waals surface area (Å²) in [5, 5.41) is 3.50. The zero-order valence-corrected chi connectivity index (χ0v) is 15.3. The molecule has 0 spiro atoms. The van der Waals surface area contributed by atoms with E-state index in [9.17, 15) is 8.42 Å². The summed E-state index contributed by atoms with van der Waals surface area (Å²) < 4.78 is 27.3. The molecule has 0 saturated carbocycles. The third-order valence-corrected chi connectivity index (χ3v) is 7.19. The fourth-order valence-corrected chi connectivity index (χ4v) is 5.25. The van der Waals surface area contributed by atoms with Crippen LogP contribution in [0.1, 0.15) is 25.1 Å². The number of rotatable bonds is 7. The Labute approximate surface area is 138 Å². The van der Waals surface area contributed by atoms with E-state index in [-0.39, 0.29) is 0 Å². The molecular weight excluding hydrogens is 318 g/mol. The van der Waals surface area contributed by atoms with Gasteiger partial charge in [0.15, 0.2) is 0 Å². The van der Waals surface area contributed by atoms with Gasteiger partial charge < -0.3 is 10.2 Å². The van der Waals surface area contributed by atoms with Crippen molar-refractivity contribution < 1.29 is 8.42 Å². The summed E-state index contributed by atoms with van der Waals surface area (Å²) >= 11 is 1.31. The SMILES string of the molecule is CCN1CCC(NCCNS(=O)(=O)c2ccc(C)s2)C(C)C1. The predicted octanol–water partition coefficient (Wildman–Crippen LogP) is 1.65. The van der Waals surface area contributed by atoms with Gasteiger partial charge in [-0.05, 0) is 44.5 Å². The number of nitrogens with zero attached hydrogens (tertiary/aromatic N) is 1. The molecule has 126 valence electrons. The number of sulfonamides is 1. The fraction of sp³-hybridized carbons (Fsp3) is 0.733. The van der Waals surface area contributed by atoms with E-state index < -0.39 is 10.0 Å². The van der Waals surface area contributed by atoms with Gasteiger partial charge in [0.25, 0.3) is 0 Å². The monoisotopic (exact) mass is 345 g/mol. The van der Waals surface area contributed by atoms with E-state index >= 15 is 0 Å². The second kappa shape index (κ2) is 7.88. The first-order valence-corrected chi connectivity index (χ1v) is 10.2. The Balaban J connectivity index is 1.73. The van der Waals surface area contributed by atoms with Crippen LogP contribution in [0.3, 0.4) is 0 Å². The maximum atomic E-state index is 12.1. The van der Waals surface area contributed by atoms with Crippen molar-refractivity contribution in [2.24, 2.45) is 5.92 Å². The summed E-state index contributed by atoms with van der Waals surface area (Å²) in [4.78, 5) is 3.47. The van der Waals surface area contributed by atoms with E-state index in [1.165, 1.54) is 11.3 Å². The van der Waals surface area contributed by atoms with Crippen LogP contribution in [0.25, 0.3) is 0 Å². The van der Waals surface area contributed by atoms with Crippen molar-refractivity contribution in [3.8, 4) is 0 Å². The molecule has 1 fully saturated rings. The number of thiophene rings is 1. The van der Waals surface area contributed by atoms with Crippen LogP contribution in [-0.2, 0) is 10.0 Å². The molecule has 1 aromatic rings. The molecule has 1 aromatic heterocycles. The van der Waals surface area contributed by atoms with Crippen LogP contribution >= 0.6 is 11.3 Å². The molecule has 1 aliphatic heterocycles. The van der Waals surface area contributed by atoms with Crippen LogP contribution in [0.2, 0.25) is 0 Å². The molecule has 2 unspecified atom stereocenters. The smallest absolute Gasteiger partial charge is 0.250 e. The third-order valence-electron chi connectivity index (χ3n) is 4.24. The summed E-state index contributed by atoms with van der Waals surface area (Å²) in [6.45, 7) is 10.8. The Kier molecular flexibility index (Phi) is 6.40. The third kappa shape index (κ3) is 4.76. The van der Waals surface area contributed by atoms with Crippen molar-refractivity contribution >= 4 is 21.4 Å². The van der Waals surface area contributed by atoms with Crippen molar-refractivity contribution in [1.82, 2.24) is 14.9 Å². The lowest BCUT2D eigenvalue weighted by Crippen LogP contribution is -2.49. The van der Waals surface area contributed by atoms with Crippen LogP contribution in [-0.4, -0.2) is 52.1 Å². The average Bonchev–Trinajstić information content (AvgIpc) is 2.92. The first-order chi connectivity index (χ1) is 10.4. The molecule has 0 bridgehead atoms. The molecule has 2 rings (SSSR count). The molecule has 0 radical (unpaired) electrons.